The molecule has 0 saturated carbocycles. The van der Waals surface area contributed by atoms with E-state index in [-0.39, 0.29) is 5.38 Å². The predicted octanol–water partition coefficient (Wildman–Crippen LogP) is 0.791. The second-order valence-electron chi connectivity index (χ2n) is 0.987. The van der Waals surface area contributed by atoms with Crippen molar-refractivity contribution in [2.75, 3.05) is 12.4 Å². The Morgan fingerprint density at radius 3 is 2.17 bits per heavy atom. The van der Waals surface area contributed by atoms with Crippen molar-refractivity contribution >= 4 is 23.2 Å². The zero-order chi connectivity index (χ0) is 4.99. The van der Waals surface area contributed by atoms with E-state index in [1.165, 1.54) is 0 Å². The average Bonchev–Trinajstić information content (AvgIpc) is 1.65. The Morgan fingerprint density at radius 2 is 2.17 bits per heavy atom. The maximum Gasteiger partial charge on any atom is 0.0593 e. The Morgan fingerprint density at radius 1 is 1.67 bits per heavy atom. The summed E-state index contributed by atoms with van der Waals surface area (Å²) in [5.41, 5.74) is 5.07. The number of alkyl halides is 2. The molecule has 0 bridgehead atoms. The van der Waals surface area contributed by atoms with E-state index in [1.807, 2.05) is 0 Å². The molecular weight excluding hydrogens is 121 g/mol. The summed E-state index contributed by atoms with van der Waals surface area (Å²) in [6, 6.07) is 0. The molecule has 0 spiro atoms. The van der Waals surface area contributed by atoms with Crippen LogP contribution in [-0.4, -0.2) is 17.8 Å². The third-order valence-corrected chi connectivity index (χ3v) is 1.29. The van der Waals surface area contributed by atoms with Crippen molar-refractivity contribution in [1.29, 1.82) is 0 Å². The molecule has 0 aromatic heterocycles. The summed E-state index contributed by atoms with van der Waals surface area (Å²) in [6.07, 6.45) is 0. The van der Waals surface area contributed by atoms with E-state index < -0.39 is 0 Å². The second kappa shape index (κ2) is 3.72. The molecular formula is C3H7Cl2N. The summed E-state index contributed by atoms with van der Waals surface area (Å²) in [7, 11) is 0. The fraction of sp³-hybridized carbons (Fsp3) is 1.00. The quantitative estimate of drug-likeness (QED) is 0.546. The number of hydrogen-bond donors (Lipinski definition) is 1. The van der Waals surface area contributed by atoms with E-state index in [2.05, 4.69) is 0 Å². The van der Waals surface area contributed by atoms with Crippen LogP contribution in [-0.2, 0) is 0 Å². The van der Waals surface area contributed by atoms with Crippen LogP contribution < -0.4 is 5.73 Å². The molecule has 0 saturated heterocycles. The van der Waals surface area contributed by atoms with Crippen molar-refractivity contribution in [1.82, 2.24) is 0 Å². The first-order valence-electron chi connectivity index (χ1n) is 1.71. The molecule has 0 aliphatic heterocycles. The van der Waals surface area contributed by atoms with Gasteiger partial charge in [-0.15, -0.1) is 23.2 Å². The fourth-order valence-electron chi connectivity index (χ4n) is 0.0630. The van der Waals surface area contributed by atoms with Crippen LogP contribution in [0.15, 0.2) is 0 Å². The first-order valence-corrected chi connectivity index (χ1v) is 2.68. The van der Waals surface area contributed by atoms with Crippen LogP contribution in [0.2, 0.25) is 0 Å². The molecule has 0 aromatic carbocycles. The van der Waals surface area contributed by atoms with Crippen molar-refractivity contribution in [3.8, 4) is 0 Å². The number of halogens is 2. The van der Waals surface area contributed by atoms with E-state index in [9.17, 15) is 0 Å². The van der Waals surface area contributed by atoms with Gasteiger partial charge in [0.1, 0.15) is 0 Å². The smallest absolute Gasteiger partial charge is 0.0593 e. The van der Waals surface area contributed by atoms with Crippen molar-refractivity contribution in [2.45, 2.75) is 5.38 Å². The molecule has 0 amide bonds. The number of rotatable bonds is 2. The van der Waals surface area contributed by atoms with Crippen molar-refractivity contribution in [3.05, 3.63) is 0 Å². The SMILES string of the molecule is NC[C@H](Cl)CCl. The summed E-state index contributed by atoms with van der Waals surface area (Å²) in [4.78, 5) is 0. The van der Waals surface area contributed by atoms with Crippen LogP contribution in [0.5, 0.6) is 0 Å². The van der Waals surface area contributed by atoms with Crippen LogP contribution in [0.3, 0.4) is 0 Å². The minimum Gasteiger partial charge on any atom is -0.329 e. The topological polar surface area (TPSA) is 26.0 Å². The van der Waals surface area contributed by atoms with Gasteiger partial charge in [0, 0.05) is 12.4 Å². The first-order chi connectivity index (χ1) is 2.81. The summed E-state index contributed by atoms with van der Waals surface area (Å²) in [5.74, 6) is 0.443. The molecule has 1 atom stereocenters. The molecule has 0 aliphatic rings. The lowest BCUT2D eigenvalue weighted by Gasteiger charge is -1.94. The average molecular weight is 128 g/mol. The molecule has 0 fully saturated rings. The Bertz CT molecular complexity index is 28.0. The molecule has 38 valence electrons. The lowest BCUT2D eigenvalue weighted by atomic mass is 10.5. The minimum atomic E-state index is -0.0494. The second-order valence-corrected chi connectivity index (χ2v) is 1.91. The zero-order valence-electron chi connectivity index (χ0n) is 3.32. The zero-order valence-corrected chi connectivity index (χ0v) is 4.84. The lowest BCUT2D eigenvalue weighted by molar-refractivity contribution is 0.948. The molecule has 0 unspecified atom stereocenters. The van der Waals surface area contributed by atoms with Gasteiger partial charge in [-0.1, -0.05) is 0 Å². The highest BCUT2D eigenvalue weighted by Gasteiger charge is 1.93. The Labute approximate surface area is 47.4 Å². The van der Waals surface area contributed by atoms with Gasteiger partial charge >= 0.3 is 0 Å². The largest absolute Gasteiger partial charge is 0.329 e. The first kappa shape index (κ1) is 6.54. The van der Waals surface area contributed by atoms with E-state index in [4.69, 9.17) is 28.9 Å². The van der Waals surface area contributed by atoms with Gasteiger partial charge in [0.2, 0.25) is 0 Å². The maximum atomic E-state index is 5.39. The summed E-state index contributed by atoms with van der Waals surface area (Å²) < 4.78 is 0. The molecule has 0 aromatic rings. The van der Waals surface area contributed by atoms with Crippen molar-refractivity contribution in [2.24, 2.45) is 5.73 Å². The van der Waals surface area contributed by atoms with Gasteiger partial charge in [-0.25, -0.2) is 0 Å². The fourth-order valence-corrected chi connectivity index (χ4v) is 0.189. The minimum absolute atomic E-state index is 0.0494. The molecule has 2 N–H and O–H groups in total. The van der Waals surface area contributed by atoms with Crippen LogP contribution in [0.25, 0.3) is 0 Å². The van der Waals surface area contributed by atoms with E-state index in [0.29, 0.717) is 12.4 Å². The summed E-state index contributed by atoms with van der Waals surface area (Å²) in [6.45, 7) is 0.463. The lowest BCUT2D eigenvalue weighted by Crippen LogP contribution is -2.14. The highest BCUT2D eigenvalue weighted by molar-refractivity contribution is 6.28. The monoisotopic (exact) mass is 127 g/mol. The van der Waals surface area contributed by atoms with Gasteiger partial charge in [-0.05, 0) is 0 Å². The predicted molar refractivity (Wildman–Crippen MR) is 29.4 cm³/mol. The van der Waals surface area contributed by atoms with Crippen LogP contribution in [0.4, 0.5) is 0 Å². The van der Waals surface area contributed by atoms with Gasteiger partial charge in [0.15, 0.2) is 0 Å². The van der Waals surface area contributed by atoms with E-state index in [0.717, 1.165) is 0 Å². The molecule has 1 nitrogen and oxygen atoms in total. The normalized spacial score (nSPS) is 14.5. The molecule has 0 aliphatic carbocycles. The highest BCUT2D eigenvalue weighted by atomic mass is 35.5. The molecule has 0 heterocycles. The summed E-state index contributed by atoms with van der Waals surface area (Å²) in [5, 5.41) is -0.0494. The molecule has 0 rings (SSSR count). The highest BCUT2D eigenvalue weighted by Crippen LogP contribution is 1.93. The van der Waals surface area contributed by atoms with Crippen LogP contribution in [0.1, 0.15) is 0 Å². The van der Waals surface area contributed by atoms with Crippen molar-refractivity contribution < 1.29 is 0 Å². The third kappa shape index (κ3) is 2.76. The Kier molecular flexibility index (Phi) is 4.06. The number of hydrogen-bond acceptors (Lipinski definition) is 1. The standard InChI is InChI=1S/C3H7Cl2N/c4-1-3(5)2-6/h3H,1-2,6H2/t3-/m1/s1. The number of nitrogens with two attached hydrogens (primary N) is 1. The molecule has 6 heavy (non-hydrogen) atoms. The van der Waals surface area contributed by atoms with Crippen molar-refractivity contribution in [3.63, 3.8) is 0 Å². The van der Waals surface area contributed by atoms with E-state index in [1.54, 1.807) is 0 Å². The van der Waals surface area contributed by atoms with Gasteiger partial charge in [0.25, 0.3) is 0 Å². The van der Waals surface area contributed by atoms with Gasteiger partial charge in [-0.2, -0.15) is 0 Å². The third-order valence-electron chi connectivity index (χ3n) is 0.423. The van der Waals surface area contributed by atoms with Gasteiger partial charge in [0.05, 0.1) is 5.38 Å². The maximum absolute atomic E-state index is 5.39. The Hall–Kier alpha value is 0.540. The molecule has 3 heteroatoms. The van der Waals surface area contributed by atoms with E-state index >= 15 is 0 Å². The van der Waals surface area contributed by atoms with Crippen LogP contribution >= 0.6 is 23.2 Å². The van der Waals surface area contributed by atoms with Crippen LogP contribution in [0, 0.1) is 0 Å². The summed E-state index contributed by atoms with van der Waals surface area (Å²) >= 11 is 10.6. The molecule has 0 radical (unpaired) electrons. The van der Waals surface area contributed by atoms with Gasteiger partial charge in [-0.3, -0.25) is 0 Å². The van der Waals surface area contributed by atoms with Gasteiger partial charge < -0.3 is 5.73 Å². The Balaban J connectivity index is 2.75.